The quantitative estimate of drug-likeness (QED) is 0.679. The minimum atomic E-state index is -0.304. The number of halogens is 1. The highest BCUT2D eigenvalue weighted by molar-refractivity contribution is 6.31. The lowest BCUT2D eigenvalue weighted by molar-refractivity contribution is -0.118. The summed E-state index contributed by atoms with van der Waals surface area (Å²) in [4.78, 5) is 24.3. The molecule has 0 unspecified atom stereocenters. The summed E-state index contributed by atoms with van der Waals surface area (Å²) >= 11 is 6.17. The van der Waals surface area contributed by atoms with E-state index in [9.17, 15) is 9.59 Å². The average Bonchev–Trinajstić information content (AvgIpc) is 2.67. The lowest BCUT2D eigenvalue weighted by Crippen LogP contribution is -2.23. The van der Waals surface area contributed by atoms with E-state index in [1.54, 1.807) is 18.3 Å². The van der Waals surface area contributed by atoms with Crippen molar-refractivity contribution in [3.05, 3.63) is 92.9 Å². The highest BCUT2D eigenvalue weighted by Gasteiger charge is 2.07. The van der Waals surface area contributed by atoms with Gasteiger partial charge >= 0.3 is 0 Å². The van der Waals surface area contributed by atoms with E-state index >= 15 is 0 Å². The molecular formula is C22H21ClN2O3. The van der Waals surface area contributed by atoms with Crippen LogP contribution in [0.2, 0.25) is 5.02 Å². The predicted octanol–water partition coefficient (Wildman–Crippen LogP) is 4.18. The molecule has 1 heterocycles. The van der Waals surface area contributed by atoms with Crippen LogP contribution in [0.3, 0.4) is 0 Å². The Bertz CT molecular complexity index is 1060. The molecule has 0 aliphatic rings. The topological polar surface area (TPSA) is 60.3 Å². The molecule has 0 saturated heterocycles. The Morgan fingerprint density at radius 1 is 1.07 bits per heavy atom. The van der Waals surface area contributed by atoms with E-state index in [2.05, 4.69) is 5.32 Å². The zero-order valence-corrected chi connectivity index (χ0v) is 16.5. The zero-order valence-electron chi connectivity index (χ0n) is 15.7. The number of rotatable bonds is 6. The van der Waals surface area contributed by atoms with Crippen LogP contribution in [0.4, 0.5) is 5.69 Å². The first kappa shape index (κ1) is 19.7. The van der Waals surface area contributed by atoms with Crippen LogP contribution in [0.25, 0.3) is 0 Å². The number of amides is 1. The number of hydrogen-bond acceptors (Lipinski definition) is 3. The maximum absolute atomic E-state index is 12.2. The molecule has 0 fully saturated rings. The van der Waals surface area contributed by atoms with E-state index < -0.39 is 0 Å². The molecule has 6 heteroatoms. The standard InChI is InChI=1S/C22H21ClN2O3/c1-15-7-9-19(11-16(15)2)28-14-21(26)24-18-8-10-22(27)25(13-18)12-17-5-3-4-6-20(17)23/h3-11,13H,12,14H2,1-2H3,(H,24,26). The molecule has 3 aromatic rings. The Morgan fingerprint density at radius 2 is 1.86 bits per heavy atom. The van der Waals surface area contributed by atoms with Crippen molar-refractivity contribution in [3.8, 4) is 5.75 Å². The van der Waals surface area contributed by atoms with Crippen molar-refractivity contribution in [1.82, 2.24) is 4.57 Å². The van der Waals surface area contributed by atoms with E-state index in [1.807, 2.05) is 50.2 Å². The molecule has 0 bridgehead atoms. The Morgan fingerprint density at radius 3 is 2.61 bits per heavy atom. The van der Waals surface area contributed by atoms with Gasteiger partial charge < -0.3 is 14.6 Å². The summed E-state index contributed by atoms with van der Waals surface area (Å²) in [5.41, 5.74) is 3.43. The van der Waals surface area contributed by atoms with Gasteiger partial charge in [0.15, 0.2) is 6.61 Å². The van der Waals surface area contributed by atoms with E-state index in [-0.39, 0.29) is 18.1 Å². The first-order chi connectivity index (χ1) is 13.4. The third-order valence-corrected chi connectivity index (χ3v) is 4.78. The minimum Gasteiger partial charge on any atom is -0.484 e. The summed E-state index contributed by atoms with van der Waals surface area (Å²) in [5.74, 6) is 0.336. The van der Waals surface area contributed by atoms with Gasteiger partial charge in [-0.1, -0.05) is 35.9 Å². The van der Waals surface area contributed by atoms with Crippen LogP contribution in [-0.4, -0.2) is 17.1 Å². The van der Waals surface area contributed by atoms with Gasteiger partial charge in [-0.15, -0.1) is 0 Å². The monoisotopic (exact) mass is 396 g/mol. The molecule has 0 aliphatic carbocycles. The van der Waals surface area contributed by atoms with Crippen LogP contribution in [-0.2, 0) is 11.3 Å². The number of nitrogens with one attached hydrogen (secondary N) is 1. The average molecular weight is 397 g/mol. The summed E-state index contributed by atoms with van der Waals surface area (Å²) in [7, 11) is 0. The van der Waals surface area contributed by atoms with Crippen LogP contribution < -0.4 is 15.6 Å². The van der Waals surface area contributed by atoms with Gasteiger partial charge in [0.05, 0.1) is 12.2 Å². The largest absolute Gasteiger partial charge is 0.484 e. The number of aromatic nitrogens is 1. The summed E-state index contributed by atoms with van der Waals surface area (Å²) in [6.07, 6.45) is 1.60. The molecular weight excluding hydrogens is 376 g/mol. The third kappa shape index (κ3) is 5.02. The number of nitrogens with zero attached hydrogens (tertiary/aromatic N) is 1. The molecule has 0 atom stereocenters. The third-order valence-electron chi connectivity index (χ3n) is 4.41. The van der Waals surface area contributed by atoms with Crippen molar-refractivity contribution in [2.45, 2.75) is 20.4 Å². The maximum Gasteiger partial charge on any atom is 0.262 e. The fourth-order valence-corrected chi connectivity index (χ4v) is 2.88. The molecule has 3 rings (SSSR count). The summed E-state index contributed by atoms with van der Waals surface area (Å²) in [6.45, 7) is 4.21. The van der Waals surface area contributed by atoms with E-state index in [0.717, 1.165) is 16.7 Å². The fraction of sp³-hybridized carbons (Fsp3) is 0.182. The normalized spacial score (nSPS) is 10.5. The summed E-state index contributed by atoms with van der Waals surface area (Å²) < 4.78 is 7.04. The van der Waals surface area contributed by atoms with Crippen molar-refractivity contribution in [2.75, 3.05) is 11.9 Å². The molecule has 1 aromatic heterocycles. The molecule has 0 saturated carbocycles. The van der Waals surface area contributed by atoms with Crippen LogP contribution in [0.1, 0.15) is 16.7 Å². The number of hydrogen-bond donors (Lipinski definition) is 1. The van der Waals surface area contributed by atoms with Gasteiger partial charge in [-0.05, 0) is 54.8 Å². The highest BCUT2D eigenvalue weighted by Crippen LogP contribution is 2.17. The summed E-state index contributed by atoms with van der Waals surface area (Å²) in [6, 6.07) is 16.0. The van der Waals surface area contributed by atoms with Gasteiger partial charge in [0.2, 0.25) is 0 Å². The Balaban J connectivity index is 1.65. The lowest BCUT2D eigenvalue weighted by Gasteiger charge is -2.11. The molecule has 144 valence electrons. The second-order valence-corrected chi connectivity index (χ2v) is 6.97. The summed E-state index contributed by atoms with van der Waals surface area (Å²) in [5, 5.41) is 3.34. The number of benzene rings is 2. The first-order valence-corrected chi connectivity index (χ1v) is 9.24. The molecule has 1 N–H and O–H groups in total. The van der Waals surface area contributed by atoms with E-state index in [4.69, 9.17) is 16.3 Å². The van der Waals surface area contributed by atoms with Gasteiger partial charge in [0.1, 0.15) is 5.75 Å². The number of pyridine rings is 1. The molecule has 5 nitrogen and oxygen atoms in total. The first-order valence-electron chi connectivity index (χ1n) is 8.86. The Kier molecular flexibility index (Phi) is 6.16. The van der Waals surface area contributed by atoms with Crippen LogP contribution in [0, 0.1) is 13.8 Å². The second kappa shape index (κ2) is 8.76. The molecule has 0 aliphatic heterocycles. The van der Waals surface area contributed by atoms with Gasteiger partial charge in [-0.2, -0.15) is 0 Å². The highest BCUT2D eigenvalue weighted by atomic mass is 35.5. The molecule has 28 heavy (non-hydrogen) atoms. The van der Waals surface area contributed by atoms with Gasteiger partial charge in [-0.25, -0.2) is 0 Å². The number of carbonyl (C=O) groups is 1. The Hall–Kier alpha value is -3.05. The van der Waals surface area contributed by atoms with Gasteiger partial charge in [-0.3, -0.25) is 9.59 Å². The fourth-order valence-electron chi connectivity index (χ4n) is 2.69. The van der Waals surface area contributed by atoms with Crippen molar-refractivity contribution >= 4 is 23.2 Å². The van der Waals surface area contributed by atoms with Crippen molar-refractivity contribution < 1.29 is 9.53 Å². The number of ether oxygens (including phenoxy) is 1. The van der Waals surface area contributed by atoms with Gasteiger partial charge in [0.25, 0.3) is 11.5 Å². The van der Waals surface area contributed by atoms with Gasteiger partial charge in [0, 0.05) is 17.3 Å². The lowest BCUT2D eigenvalue weighted by atomic mass is 10.1. The van der Waals surface area contributed by atoms with E-state index in [0.29, 0.717) is 23.0 Å². The number of anilines is 1. The minimum absolute atomic E-state index is 0.119. The van der Waals surface area contributed by atoms with Crippen molar-refractivity contribution in [1.29, 1.82) is 0 Å². The second-order valence-electron chi connectivity index (χ2n) is 6.56. The van der Waals surface area contributed by atoms with Crippen molar-refractivity contribution in [3.63, 3.8) is 0 Å². The molecule has 0 radical (unpaired) electrons. The SMILES string of the molecule is Cc1ccc(OCC(=O)Nc2ccc(=O)n(Cc3ccccc3Cl)c2)cc1C. The smallest absolute Gasteiger partial charge is 0.262 e. The maximum atomic E-state index is 12.2. The van der Waals surface area contributed by atoms with Crippen LogP contribution in [0.15, 0.2) is 65.6 Å². The van der Waals surface area contributed by atoms with Crippen LogP contribution in [0.5, 0.6) is 5.75 Å². The number of carbonyl (C=O) groups excluding carboxylic acids is 1. The molecule has 1 amide bonds. The van der Waals surface area contributed by atoms with Crippen molar-refractivity contribution in [2.24, 2.45) is 0 Å². The predicted molar refractivity (Wildman–Crippen MR) is 111 cm³/mol. The van der Waals surface area contributed by atoms with E-state index in [1.165, 1.54) is 10.6 Å². The molecule has 0 spiro atoms. The van der Waals surface area contributed by atoms with Crippen LogP contribution >= 0.6 is 11.6 Å². The Labute approximate surface area is 168 Å². The molecule has 2 aromatic carbocycles. The number of aryl methyl sites for hydroxylation is 2. The zero-order chi connectivity index (χ0) is 20.1.